The molecule has 2 aromatic rings. The molecule has 2 nitrogen and oxygen atoms in total. The van der Waals surface area contributed by atoms with Crippen molar-refractivity contribution >= 4 is 10.8 Å². The highest BCUT2D eigenvalue weighted by Gasteiger charge is 2.18. The maximum Gasteiger partial charge on any atom is 0.0239 e. The molecule has 106 valence electrons. The van der Waals surface area contributed by atoms with Crippen LogP contribution in [-0.2, 0) is 6.54 Å². The second-order valence-electron chi connectivity index (χ2n) is 5.75. The van der Waals surface area contributed by atoms with Crippen molar-refractivity contribution in [3.63, 3.8) is 0 Å². The van der Waals surface area contributed by atoms with Crippen LogP contribution in [0.1, 0.15) is 25.3 Å². The summed E-state index contributed by atoms with van der Waals surface area (Å²) in [7, 11) is 0. The van der Waals surface area contributed by atoms with E-state index in [1.807, 2.05) is 0 Å². The van der Waals surface area contributed by atoms with E-state index in [9.17, 15) is 0 Å². The number of hydrogen-bond acceptors (Lipinski definition) is 2. The quantitative estimate of drug-likeness (QED) is 0.914. The Kier molecular flexibility index (Phi) is 4.34. The topological polar surface area (TPSA) is 15.3 Å². The van der Waals surface area contributed by atoms with Crippen molar-refractivity contribution in [3.05, 3.63) is 48.0 Å². The molecule has 1 aliphatic rings. The van der Waals surface area contributed by atoms with E-state index in [4.69, 9.17) is 0 Å². The molecule has 1 fully saturated rings. The third-order valence-electron chi connectivity index (χ3n) is 4.35. The van der Waals surface area contributed by atoms with E-state index in [0.29, 0.717) is 0 Å². The lowest BCUT2D eigenvalue weighted by atomic mass is 10.0. The summed E-state index contributed by atoms with van der Waals surface area (Å²) < 4.78 is 0. The molecule has 1 aliphatic heterocycles. The first kappa shape index (κ1) is 13.6. The van der Waals surface area contributed by atoms with Gasteiger partial charge in [-0.25, -0.2) is 0 Å². The van der Waals surface area contributed by atoms with Crippen LogP contribution in [0, 0.1) is 0 Å². The van der Waals surface area contributed by atoms with Gasteiger partial charge >= 0.3 is 0 Å². The summed E-state index contributed by atoms with van der Waals surface area (Å²) >= 11 is 0. The first-order chi connectivity index (χ1) is 9.86. The van der Waals surface area contributed by atoms with E-state index in [1.54, 1.807) is 0 Å². The van der Waals surface area contributed by atoms with Crippen LogP contribution in [0.15, 0.2) is 42.5 Å². The molecule has 1 N–H and O–H groups in total. The average Bonchev–Trinajstić information content (AvgIpc) is 2.50. The molecule has 0 saturated carbocycles. The van der Waals surface area contributed by atoms with Gasteiger partial charge in [0.05, 0.1) is 0 Å². The Labute approximate surface area is 121 Å². The Bertz CT molecular complexity index is 551. The maximum absolute atomic E-state index is 3.57. The van der Waals surface area contributed by atoms with Crippen molar-refractivity contribution in [1.29, 1.82) is 0 Å². The van der Waals surface area contributed by atoms with Crippen molar-refractivity contribution < 1.29 is 0 Å². The zero-order chi connectivity index (χ0) is 13.8. The summed E-state index contributed by atoms with van der Waals surface area (Å²) in [5, 5.41) is 6.33. The molecule has 0 spiro atoms. The van der Waals surface area contributed by atoms with Crippen LogP contribution in [-0.4, -0.2) is 30.6 Å². The van der Waals surface area contributed by atoms with Crippen LogP contribution in [0.3, 0.4) is 0 Å². The number of piperidine rings is 1. The number of hydrogen-bond donors (Lipinski definition) is 1. The Morgan fingerprint density at radius 3 is 2.60 bits per heavy atom. The van der Waals surface area contributed by atoms with Crippen molar-refractivity contribution in [2.75, 3.05) is 19.6 Å². The molecule has 0 unspecified atom stereocenters. The zero-order valence-electron chi connectivity index (χ0n) is 12.3. The summed E-state index contributed by atoms with van der Waals surface area (Å²) in [6.07, 6.45) is 2.55. The standard InChI is InChI=1S/C18H24N2/c1-2-19-17-10-12-20(13-11-17)14-16-8-5-7-15-6-3-4-9-18(15)16/h3-9,17,19H,2,10-14H2,1H3. The number of nitrogens with zero attached hydrogens (tertiary/aromatic N) is 1. The molecule has 0 aliphatic carbocycles. The fourth-order valence-corrected chi connectivity index (χ4v) is 3.26. The van der Waals surface area contributed by atoms with Gasteiger partial charge in [-0.05, 0) is 48.8 Å². The van der Waals surface area contributed by atoms with Crippen LogP contribution in [0.5, 0.6) is 0 Å². The van der Waals surface area contributed by atoms with E-state index in [1.165, 1.54) is 42.3 Å². The maximum atomic E-state index is 3.57. The first-order valence-corrected chi connectivity index (χ1v) is 7.79. The first-order valence-electron chi connectivity index (χ1n) is 7.79. The number of fused-ring (bicyclic) bond motifs is 1. The van der Waals surface area contributed by atoms with Gasteiger partial charge in [-0.3, -0.25) is 4.90 Å². The van der Waals surface area contributed by atoms with Crippen LogP contribution >= 0.6 is 0 Å². The molecule has 1 heterocycles. The molecular weight excluding hydrogens is 244 g/mol. The number of benzene rings is 2. The molecule has 2 aromatic carbocycles. The van der Waals surface area contributed by atoms with Gasteiger partial charge in [0.2, 0.25) is 0 Å². The number of nitrogens with one attached hydrogen (secondary N) is 1. The normalized spacial score (nSPS) is 17.6. The van der Waals surface area contributed by atoms with Gasteiger partial charge in [-0.1, -0.05) is 49.4 Å². The predicted octanol–water partition coefficient (Wildman–Crippen LogP) is 3.41. The van der Waals surface area contributed by atoms with Gasteiger partial charge < -0.3 is 5.32 Å². The van der Waals surface area contributed by atoms with Crippen LogP contribution < -0.4 is 5.32 Å². The van der Waals surface area contributed by atoms with E-state index < -0.39 is 0 Å². The van der Waals surface area contributed by atoms with Gasteiger partial charge in [0.25, 0.3) is 0 Å². The molecule has 20 heavy (non-hydrogen) atoms. The molecule has 1 saturated heterocycles. The van der Waals surface area contributed by atoms with Gasteiger partial charge in [0, 0.05) is 12.6 Å². The van der Waals surface area contributed by atoms with Crippen molar-refractivity contribution in [3.8, 4) is 0 Å². The lowest BCUT2D eigenvalue weighted by molar-refractivity contribution is 0.192. The minimum absolute atomic E-state index is 0.726. The van der Waals surface area contributed by atoms with Gasteiger partial charge in [0.1, 0.15) is 0 Å². The monoisotopic (exact) mass is 268 g/mol. The lowest BCUT2D eigenvalue weighted by Gasteiger charge is -2.32. The predicted molar refractivity (Wildman–Crippen MR) is 85.9 cm³/mol. The number of likely N-dealkylation sites (tertiary alicyclic amines) is 1. The zero-order valence-corrected chi connectivity index (χ0v) is 12.3. The van der Waals surface area contributed by atoms with Crippen LogP contribution in [0.4, 0.5) is 0 Å². The van der Waals surface area contributed by atoms with E-state index in [-0.39, 0.29) is 0 Å². The molecule has 3 rings (SSSR count). The molecule has 0 aromatic heterocycles. The highest BCUT2D eigenvalue weighted by molar-refractivity contribution is 5.85. The summed E-state index contributed by atoms with van der Waals surface area (Å²) in [5.41, 5.74) is 1.46. The molecular formula is C18H24N2. The summed E-state index contributed by atoms with van der Waals surface area (Å²) in [5.74, 6) is 0. The molecule has 0 bridgehead atoms. The van der Waals surface area contributed by atoms with Crippen LogP contribution in [0.2, 0.25) is 0 Å². The van der Waals surface area contributed by atoms with Gasteiger partial charge in [-0.2, -0.15) is 0 Å². The molecule has 2 heteroatoms. The second kappa shape index (κ2) is 6.38. The molecule has 0 atom stereocenters. The summed E-state index contributed by atoms with van der Waals surface area (Å²) in [4.78, 5) is 2.59. The summed E-state index contributed by atoms with van der Waals surface area (Å²) in [6, 6.07) is 16.1. The van der Waals surface area contributed by atoms with E-state index >= 15 is 0 Å². The largest absolute Gasteiger partial charge is 0.314 e. The minimum atomic E-state index is 0.726. The Morgan fingerprint density at radius 1 is 1.05 bits per heavy atom. The average molecular weight is 268 g/mol. The fourth-order valence-electron chi connectivity index (χ4n) is 3.26. The molecule has 0 amide bonds. The second-order valence-corrected chi connectivity index (χ2v) is 5.75. The highest BCUT2D eigenvalue weighted by Crippen LogP contribution is 2.21. The molecule has 0 radical (unpaired) electrons. The SMILES string of the molecule is CCNC1CCN(Cc2cccc3ccccc23)CC1. The van der Waals surface area contributed by atoms with Crippen molar-refractivity contribution in [1.82, 2.24) is 10.2 Å². The fraction of sp³-hybridized carbons (Fsp3) is 0.444. The van der Waals surface area contributed by atoms with E-state index in [2.05, 4.69) is 59.6 Å². The smallest absolute Gasteiger partial charge is 0.0239 e. The Hall–Kier alpha value is -1.38. The third-order valence-corrected chi connectivity index (χ3v) is 4.35. The van der Waals surface area contributed by atoms with E-state index in [0.717, 1.165) is 19.1 Å². The third kappa shape index (κ3) is 3.02. The van der Waals surface area contributed by atoms with Gasteiger partial charge in [-0.15, -0.1) is 0 Å². The summed E-state index contributed by atoms with van der Waals surface area (Å²) in [6.45, 7) is 6.79. The van der Waals surface area contributed by atoms with Crippen molar-refractivity contribution in [2.24, 2.45) is 0 Å². The lowest BCUT2D eigenvalue weighted by Crippen LogP contribution is -2.42. The number of rotatable bonds is 4. The Balaban J connectivity index is 1.68. The minimum Gasteiger partial charge on any atom is -0.314 e. The highest BCUT2D eigenvalue weighted by atomic mass is 15.1. The van der Waals surface area contributed by atoms with Gasteiger partial charge in [0.15, 0.2) is 0 Å². The van der Waals surface area contributed by atoms with Crippen molar-refractivity contribution in [2.45, 2.75) is 32.4 Å². The van der Waals surface area contributed by atoms with Crippen LogP contribution in [0.25, 0.3) is 10.8 Å². The Morgan fingerprint density at radius 2 is 1.80 bits per heavy atom.